The molecule has 5 aromatic rings. The van der Waals surface area contributed by atoms with Gasteiger partial charge in [-0.2, -0.15) is 18.3 Å². The topological polar surface area (TPSA) is 77.0 Å². The standard InChI is InChI=1S/C22H16BrF3N8/c1-12-18(23)20(32-6-7-33-17(11-32)29-21(31-33)22(24,25)26)30-19-15(10-28-34(12)19)14-8-13-4-2-3-5-16(13)27-9-14/h2-5,8-10H,6-7,11H2,1H3. The number of pyridine rings is 1. The number of hydrogen-bond donors (Lipinski definition) is 0. The zero-order chi connectivity index (χ0) is 23.6. The van der Waals surface area contributed by atoms with Crippen molar-refractivity contribution in [2.24, 2.45) is 0 Å². The van der Waals surface area contributed by atoms with Crippen molar-refractivity contribution < 1.29 is 13.2 Å². The molecular weight excluding hydrogens is 513 g/mol. The molecule has 0 radical (unpaired) electrons. The van der Waals surface area contributed by atoms with Crippen LogP contribution in [0.2, 0.25) is 0 Å². The Morgan fingerprint density at radius 3 is 2.71 bits per heavy atom. The third kappa shape index (κ3) is 3.31. The number of aromatic nitrogens is 7. The van der Waals surface area contributed by atoms with Gasteiger partial charge >= 0.3 is 6.18 Å². The molecule has 0 aliphatic carbocycles. The van der Waals surface area contributed by atoms with Gasteiger partial charge in [0.15, 0.2) is 5.65 Å². The number of anilines is 1. The van der Waals surface area contributed by atoms with E-state index in [4.69, 9.17) is 4.98 Å². The highest BCUT2D eigenvalue weighted by Crippen LogP contribution is 2.35. The van der Waals surface area contributed by atoms with Crippen LogP contribution in [0.3, 0.4) is 0 Å². The normalized spacial score (nSPS) is 14.2. The Hall–Kier alpha value is -3.54. The lowest BCUT2D eigenvalue weighted by Gasteiger charge is -2.29. The molecule has 1 aromatic carbocycles. The number of halogens is 4. The van der Waals surface area contributed by atoms with E-state index in [0.717, 1.165) is 32.2 Å². The van der Waals surface area contributed by atoms with Crippen molar-refractivity contribution in [3.8, 4) is 11.1 Å². The zero-order valence-corrected chi connectivity index (χ0v) is 19.3. The summed E-state index contributed by atoms with van der Waals surface area (Å²) in [5.74, 6) is -0.259. The Morgan fingerprint density at radius 2 is 1.88 bits per heavy atom. The molecule has 0 bridgehead atoms. The first-order valence-corrected chi connectivity index (χ1v) is 11.2. The Kier molecular flexibility index (Phi) is 4.63. The molecule has 0 spiro atoms. The van der Waals surface area contributed by atoms with E-state index in [0.29, 0.717) is 18.0 Å². The van der Waals surface area contributed by atoms with Crippen LogP contribution < -0.4 is 4.90 Å². The van der Waals surface area contributed by atoms with Crippen molar-refractivity contribution in [2.45, 2.75) is 26.2 Å². The number of aryl methyl sites for hydroxylation is 1. The van der Waals surface area contributed by atoms with Crippen molar-refractivity contribution in [2.75, 3.05) is 11.4 Å². The van der Waals surface area contributed by atoms with Crippen molar-refractivity contribution in [1.29, 1.82) is 0 Å². The summed E-state index contributed by atoms with van der Waals surface area (Å²) in [5, 5.41) is 9.13. The maximum Gasteiger partial charge on any atom is 0.453 e. The molecular formula is C22H16BrF3N8. The maximum absolute atomic E-state index is 13.1. The van der Waals surface area contributed by atoms with Crippen molar-refractivity contribution in [1.82, 2.24) is 34.3 Å². The molecule has 0 fully saturated rings. The minimum Gasteiger partial charge on any atom is -0.346 e. The quantitative estimate of drug-likeness (QED) is 0.332. The van der Waals surface area contributed by atoms with Crippen LogP contribution in [0.4, 0.5) is 19.0 Å². The van der Waals surface area contributed by atoms with Crippen LogP contribution in [-0.2, 0) is 19.3 Å². The predicted molar refractivity (Wildman–Crippen MR) is 122 cm³/mol. The van der Waals surface area contributed by atoms with Crippen molar-refractivity contribution in [3.63, 3.8) is 0 Å². The highest BCUT2D eigenvalue weighted by atomic mass is 79.9. The highest BCUT2D eigenvalue weighted by Gasteiger charge is 2.38. The average Bonchev–Trinajstić information content (AvgIpc) is 3.45. The first-order valence-electron chi connectivity index (χ1n) is 10.4. The van der Waals surface area contributed by atoms with E-state index in [1.54, 1.807) is 16.9 Å². The number of benzene rings is 1. The molecule has 0 N–H and O–H groups in total. The van der Waals surface area contributed by atoms with Crippen LogP contribution in [0.15, 0.2) is 47.2 Å². The molecule has 34 heavy (non-hydrogen) atoms. The van der Waals surface area contributed by atoms with Gasteiger partial charge < -0.3 is 4.90 Å². The van der Waals surface area contributed by atoms with Gasteiger partial charge in [0.05, 0.1) is 35.0 Å². The number of rotatable bonds is 2. The second-order valence-electron chi connectivity index (χ2n) is 8.04. The van der Waals surface area contributed by atoms with Crippen LogP contribution in [0.5, 0.6) is 0 Å². The summed E-state index contributed by atoms with van der Waals surface area (Å²) in [5.41, 5.74) is 4.04. The SMILES string of the molecule is Cc1c(Br)c(N2CCn3nc(C(F)(F)F)nc3C2)nc2c(-c3cnc4ccccc4c3)cnn12. The maximum atomic E-state index is 13.1. The molecule has 12 heteroatoms. The molecule has 6 rings (SSSR count). The van der Waals surface area contributed by atoms with Crippen LogP contribution >= 0.6 is 15.9 Å². The Bertz CT molecular complexity index is 1570. The number of fused-ring (bicyclic) bond motifs is 3. The fourth-order valence-electron chi connectivity index (χ4n) is 4.17. The number of hydrogen-bond acceptors (Lipinski definition) is 6. The molecule has 4 aromatic heterocycles. The van der Waals surface area contributed by atoms with Crippen LogP contribution in [0.1, 0.15) is 17.3 Å². The summed E-state index contributed by atoms with van der Waals surface area (Å²) >= 11 is 3.61. The molecule has 0 atom stereocenters. The number of nitrogens with zero attached hydrogens (tertiary/aromatic N) is 8. The van der Waals surface area contributed by atoms with Crippen LogP contribution in [0, 0.1) is 6.92 Å². The third-order valence-corrected chi connectivity index (χ3v) is 6.83. The van der Waals surface area contributed by atoms with Gasteiger partial charge in [-0.3, -0.25) is 4.98 Å². The van der Waals surface area contributed by atoms with Gasteiger partial charge in [0.2, 0.25) is 0 Å². The lowest BCUT2D eigenvalue weighted by molar-refractivity contribution is -0.145. The molecule has 0 amide bonds. The molecule has 1 aliphatic rings. The Labute approximate surface area is 199 Å². The monoisotopic (exact) mass is 528 g/mol. The summed E-state index contributed by atoms with van der Waals surface area (Å²) < 4.78 is 43.0. The Balaban J connectivity index is 1.43. The predicted octanol–water partition coefficient (Wildman–Crippen LogP) is 4.65. The van der Waals surface area contributed by atoms with E-state index < -0.39 is 12.0 Å². The van der Waals surface area contributed by atoms with Gasteiger partial charge in [0.25, 0.3) is 5.82 Å². The van der Waals surface area contributed by atoms with Gasteiger partial charge in [-0.1, -0.05) is 18.2 Å². The van der Waals surface area contributed by atoms with E-state index in [-0.39, 0.29) is 18.9 Å². The third-order valence-electron chi connectivity index (χ3n) is 5.90. The van der Waals surface area contributed by atoms with E-state index >= 15 is 0 Å². The first kappa shape index (κ1) is 21.0. The van der Waals surface area contributed by atoms with E-state index in [1.165, 1.54) is 4.68 Å². The average molecular weight is 529 g/mol. The van der Waals surface area contributed by atoms with Crippen molar-refractivity contribution >= 4 is 38.3 Å². The fourth-order valence-corrected chi connectivity index (χ4v) is 4.67. The summed E-state index contributed by atoms with van der Waals surface area (Å²) in [6.45, 7) is 2.78. The highest BCUT2D eigenvalue weighted by molar-refractivity contribution is 9.10. The zero-order valence-electron chi connectivity index (χ0n) is 17.8. The second-order valence-corrected chi connectivity index (χ2v) is 8.83. The summed E-state index contributed by atoms with van der Waals surface area (Å²) in [6, 6.07) is 9.89. The van der Waals surface area contributed by atoms with Gasteiger partial charge in [0, 0.05) is 29.3 Å². The fraction of sp³-hybridized carbons (Fsp3) is 0.227. The van der Waals surface area contributed by atoms with E-state index in [1.807, 2.05) is 42.2 Å². The van der Waals surface area contributed by atoms with Gasteiger partial charge in [-0.25, -0.2) is 19.2 Å². The molecule has 0 saturated heterocycles. The second kappa shape index (κ2) is 7.49. The lowest BCUT2D eigenvalue weighted by Crippen LogP contribution is -2.35. The summed E-state index contributed by atoms with van der Waals surface area (Å²) in [7, 11) is 0. The minimum absolute atomic E-state index is 0.158. The molecule has 1 aliphatic heterocycles. The van der Waals surface area contributed by atoms with E-state index in [2.05, 4.69) is 36.1 Å². The van der Waals surface area contributed by atoms with Crippen molar-refractivity contribution in [3.05, 3.63) is 64.5 Å². The molecule has 0 saturated carbocycles. The van der Waals surface area contributed by atoms with Gasteiger partial charge in [-0.05, 0) is 35.0 Å². The molecule has 172 valence electrons. The number of alkyl halides is 3. The van der Waals surface area contributed by atoms with E-state index in [9.17, 15) is 13.2 Å². The van der Waals surface area contributed by atoms with Crippen LogP contribution in [0.25, 0.3) is 27.7 Å². The van der Waals surface area contributed by atoms with Crippen LogP contribution in [-0.4, -0.2) is 40.9 Å². The summed E-state index contributed by atoms with van der Waals surface area (Å²) in [4.78, 5) is 15.0. The van der Waals surface area contributed by atoms with Gasteiger partial charge in [0.1, 0.15) is 11.6 Å². The number of para-hydroxylation sites is 1. The Morgan fingerprint density at radius 1 is 1.06 bits per heavy atom. The molecule has 8 nitrogen and oxygen atoms in total. The summed E-state index contributed by atoms with van der Waals surface area (Å²) in [6.07, 6.45) is -1.04. The molecule has 0 unspecified atom stereocenters. The van der Waals surface area contributed by atoms with Gasteiger partial charge in [-0.15, -0.1) is 5.10 Å². The lowest BCUT2D eigenvalue weighted by atomic mass is 10.1. The first-order chi connectivity index (χ1) is 16.3. The smallest absolute Gasteiger partial charge is 0.346 e. The minimum atomic E-state index is -4.58. The largest absolute Gasteiger partial charge is 0.453 e. The molecule has 5 heterocycles.